The smallest absolute Gasteiger partial charge is 0.261 e. The Labute approximate surface area is 146 Å². The third-order valence-electron chi connectivity index (χ3n) is 4.88. The minimum Gasteiger partial charge on any atom is -0.261 e. The number of hydrogen-bond donors (Lipinski definition) is 0. The molecule has 4 aromatic carbocycles. The number of anilines is 1. The van der Waals surface area contributed by atoms with E-state index in [1.807, 2.05) is 66.7 Å². The molecule has 0 atom stereocenters. The fourth-order valence-electron chi connectivity index (χ4n) is 3.71. The van der Waals surface area contributed by atoms with Crippen LogP contribution in [0.3, 0.4) is 0 Å². The molecular weight excluding hydrogens is 330 g/mol. The topological polar surface area (TPSA) is 37.4 Å². The van der Waals surface area contributed by atoms with E-state index in [2.05, 4.69) is 0 Å². The Morgan fingerprint density at radius 2 is 1.40 bits per heavy atom. The normalized spacial score (nSPS) is 15.1. The average molecular weight is 345 g/mol. The van der Waals surface area contributed by atoms with Crippen molar-refractivity contribution in [3.05, 3.63) is 84.4 Å². The SMILES string of the molecule is O=S1(=O)c2cccc3cccc(c23)N1Cc1cccc2ccccc12. The summed E-state index contributed by atoms with van der Waals surface area (Å²) in [6.45, 7) is 0.331. The van der Waals surface area contributed by atoms with E-state index >= 15 is 0 Å². The van der Waals surface area contributed by atoms with Crippen LogP contribution in [0.4, 0.5) is 5.69 Å². The molecule has 0 radical (unpaired) electrons. The van der Waals surface area contributed by atoms with E-state index < -0.39 is 10.0 Å². The molecule has 0 amide bonds. The lowest BCUT2D eigenvalue weighted by Crippen LogP contribution is -2.26. The van der Waals surface area contributed by atoms with Gasteiger partial charge in [-0.3, -0.25) is 4.31 Å². The van der Waals surface area contributed by atoms with Crippen molar-refractivity contribution in [2.45, 2.75) is 11.4 Å². The van der Waals surface area contributed by atoms with Crippen LogP contribution in [0, 0.1) is 0 Å². The highest BCUT2D eigenvalue weighted by molar-refractivity contribution is 7.93. The summed E-state index contributed by atoms with van der Waals surface area (Å²) < 4.78 is 27.8. The van der Waals surface area contributed by atoms with Crippen LogP contribution in [0.1, 0.15) is 5.56 Å². The second-order valence-electron chi connectivity index (χ2n) is 6.28. The van der Waals surface area contributed by atoms with Gasteiger partial charge in [0, 0.05) is 5.39 Å². The zero-order chi connectivity index (χ0) is 17.0. The van der Waals surface area contributed by atoms with Crippen molar-refractivity contribution in [2.24, 2.45) is 0 Å². The highest BCUT2D eigenvalue weighted by Crippen LogP contribution is 2.43. The molecule has 0 saturated heterocycles. The Hall–Kier alpha value is -2.85. The Morgan fingerprint density at radius 3 is 2.28 bits per heavy atom. The number of nitrogens with zero attached hydrogens (tertiary/aromatic N) is 1. The van der Waals surface area contributed by atoms with Crippen LogP contribution >= 0.6 is 0 Å². The maximum atomic E-state index is 13.1. The average Bonchev–Trinajstić information content (AvgIpc) is 2.86. The van der Waals surface area contributed by atoms with E-state index in [4.69, 9.17) is 0 Å². The van der Waals surface area contributed by atoms with Gasteiger partial charge in [0.05, 0.1) is 17.1 Å². The molecule has 4 heteroatoms. The molecule has 3 nitrogen and oxygen atoms in total. The first kappa shape index (κ1) is 14.5. The van der Waals surface area contributed by atoms with Crippen molar-refractivity contribution >= 4 is 37.3 Å². The summed E-state index contributed by atoms with van der Waals surface area (Å²) >= 11 is 0. The summed E-state index contributed by atoms with van der Waals surface area (Å²) in [4.78, 5) is 0.404. The van der Waals surface area contributed by atoms with Crippen LogP contribution in [0.15, 0.2) is 83.8 Å². The molecule has 122 valence electrons. The molecule has 1 aliphatic heterocycles. The van der Waals surface area contributed by atoms with E-state index in [0.29, 0.717) is 11.4 Å². The monoisotopic (exact) mass is 345 g/mol. The molecule has 25 heavy (non-hydrogen) atoms. The summed E-state index contributed by atoms with van der Waals surface area (Å²) in [6, 6.07) is 25.3. The van der Waals surface area contributed by atoms with Gasteiger partial charge in [0.2, 0.25) is 0 Å². The first-order valence-electron chi connectivity index (χ1n) is 8.17. The van der Waals surface area contributed by atoms with Crippen LogP contribution in [-0.4, -0.2) is 8.42 Å². The van der Waals surface area contributed by atoms with Gasteiger partial charge in [-0.05, 0) is 33.9 Å². The zero-order valence-electron chi connectivity index (χ0n) is 13.4. The van der Waals surface area contributed by atoms with Crippen LogP contribution in [0.25, 0.3) is 21.5 Å². The summed E-state index contributed by atoms with van der Waals surface area (Å²) in [7, 11) is -3.53. The highest BCUT2D eigenvalue weighted by Gasteiger charge is 2.35. The predicted octanol–water partition coefficient (Wildman–Crippen LogP) is 4.70. The standard InChI is InChI=1S/C21H15NO2S/c23-25(24)20-13-5-9-16-8-4-12-19(21(16)20)22(25)14-17-10-3-7-15-6-1-2-11-18(15)17/h1-13H,14H2. The van der Waals surface area contributed by atoms with Crippen molar-refractivity contribution in [2.75, 3.05) is 4.31 Å². The van der Waals surface area contributed by atoms with Gasteiger partial charge in [-0.25, -0.2) is 8.42 Å². The minimum atomic E-state index is -3.53. The molecule has 0 fully saturated rings. The number of sulfonamides is 1. The molecule has 4 aromatic rings. The van der Waals surface area contributed by atoms with E-state index in [1.54, 1.807) is 12.1 Å². The molecule has 1 heterocycles. The van der Waals surface area contributed by atoms with Crippen LogP contribution in [0.2, 0.25) is 0 Å². The molecule has 0 aromatic heterocycles. The third kappa shape index (κ3) is 2.01. The molecule has 1 aliphatic rings. The Kier molecular flexibility index (Phi) is 2.94. The zero-order valence-corrected chi connectivity index (χ0v) is 14.2. The van der Waals surface area contributed by atoms with Gasteiger partial charge in [-0.2, -0.15) is 0 Å². The van der Waals surface area contributed by atoms with Gasteiger partial charge in [0.1, 0.15) is 0 Å². The van der Waals surface area contributed by atoms with Gasteiger partial charge in [0.15, 0.2) is 0 Å². The molecule has 0 spiro atoms. The second-order valence-corrected chi connectivity index (χ2v) is 8.11. The quantitative estimate of drug-likeness (QED) is 0.528. The van der Waals surface area contributed by atoms with Crippen molar-refractivity contribution in [1.82, 2.24) is 0 Å². The maximum absolute atomic E-state index is 13.1. The maximum Gasteiger partial charge on any atom is 0.265 e. The fraction of sp³-hybridized carbons (Fsp3) is 0.0476. The van der Waals surface area contributed by atoms with E-state index in [-0.39, 0.29) is 0 Å². The van der Waals surface area contributed by atoms with E-state index in [9.17, 15) is 8.42 Å². The van der Waals surface area contributed by atoms with Crippen LogP contribution < -0.4 is 4.31 Å². The van der Waals surface area contributed by atoms with Gasteiger partial charge < -0.3 is 0 Å². The Morgan fingerprint density at radius 1 is 0.720 bits per heavy atom. The fourth-order valence-corrected chi connectivity index (χ4v) is 5.40. The van der Waals surface area contributed by atoms with Crippen LogP contribution in [0.5, 0.6) is 0 Å². The lowest BCUT2D eigenvalue weighted by molar-refractivity contribution is 0.593. The highest BCUT2D eigenvalue weighted by atomic mass is 32.2. The van der Waals surface area contributed by atoms with E-state index in [0.717, 1.165) is 32.8 Å². The minimum absolute atomic E-state index is 0.331. The van der Waals surface area contributed by atoms with Gasteiger partial charge in [-0.1, -0.05) is 66.7 Å². The molecule has 0 N–H and O–H groups in total. The molecule has 0 aliphatic carbocycles. The predicted molar refractivity (Wildman–Crippen MR) is 101 cm³/mol. The van der Waals surface area contributed by atoms with Crippen molar-refractivity contribution < 1.29 is 8.42 Å². The Balaban J connectivity index is 1.72. The van der Waals surface area contributed by atoms with Gasteiger partial charge >= 0.3 is 0 Å². The summed E-state index contributed by atoms with van der Waals surface area (Å²) in [5, 5.41) is 3.99. The first-order chi connectivity index (χ1) is 12.2. The lowest BCUT2D eigenvalue weighted by atomic mass is 10.0. The van der Waals surface area contributed by atoms with Crippen molar-refractivity contribution in [1.29, 1.82) is 0 Å². The molecular formula is C21H15NO2S. The third-order valence-corrected chi connectivity index (χ3v) is 6.68. The number of hydrogen-bond acceptors (Lipinski definition) is 2. The number of rotatable bonds is 2. The largest absolute Gasteiger partial charge is 0.265 e. The first-order valence-corrected chi connectivity index (χ1v) is 9.61. The van der Waals surface area contributed by atoms with Crippen LogP contribution in [-0.2, 0) is 16.6 Å². The van der Waals surface area contributed by atoms with Crippen molar-refractivity contribution in [3.63, 3.8) is 0 Å². The summed E-state index contributed by atoms with van der Waals surface area (Å²) in [5.41, 5.74) is 1.77. The lowest BCUT2D eigenvalue weighted by Gasteiger charge is -2.20. The summed E-state index contributed by atoms with van der Waals surface area (Å²) in [5.74, 6) is 0. The molecule has 5 rings (SSSR count). The number of benzene rings is 4. The van der Waals surface area contributed by atoms with E-state index in [1.165, 1.54) is 4.31 Å². The summed E-state index contributed by atoms with van der Waals surface area (Å²) in [6.07, 6.45) is 0. The second kappa shape index (κ2) is 5.07. The molecule has 0 unspecified atom stereocenters. The Bertz CT molecular complexity index is 1230. The van der Waals surface area contributed by atoms with Gasteiger partial charge in [-0.15, -0.1) is 0 Å². The van der Waals surface area contributed by atoms with Gasteiger partial charge in [0.25, 0.3) is 10.0 Å². The molecule has 0 bridgehead atoms. The number of fused-ring (bicyclic) bond motifs is 1. The molecule has 0 saturated carbocycles. The van der Waals surface area contributed by atoms with Crippen molar-refractivity contribution in [3.8, 4) is 0 Å².